The molecule has 1 N–H and O–H groups in total. The molecule has 0 saturated heterocycles. The zero-order chi connectivity index (χ0) is 10.4. The zero-order valence-corrected chi connectivity index (χ0v) is 9.09. The standard InChI is InChI=1S/C13H19N/c1-4-5-9-14-12(3)13-8-6-7-11(2)10-13/h4,6-8,10,12,14H,1,5,9H2,2-3H3/t12-/m0/s1. The first-order valence-corrected chi connectivity index (χ1v) is 5.15. The van der Waals surface area contributed by atoms with Gasteiger partial charge in [-0.15, -0.1) is 6.58 Å². The maximum Gasteiger partial charge on any atom is 0.0292 e. The Morgan fingerprint density at radius 3 is 2.93 bits per heavy atom. The fourth-order valence-electron chi connectivity index (χ4n) is 1.46. The molecule has 1 aromatic rings. The van der Waals surface area contributed by atoms with E-state index in [1.807, 2.05) is 6.08 Å². The van der Waals surface area contributed by atoms with E-state index in [9.17, 15) is 0 Å². The van der Waals surface area contributed by atoms with Crippen LogP contribution in [0.1, 0.15) is 30.5 Å². The monoisotopic (exact) mass is 189 g/mol. The van der Waals surface area contributed by atoms with Crippen LogP contribution < -0.4 is 5.32 Å². The molecule has 0 bridgehead atoms. The van der Waals surface area contributed by atoms with Crippen LogP contribution in [0.5, 0.6) is 0 Å². The van der Waals surface area contributed by atoms with Crippen LogP contribution in [0.3, 0.4) is 0 Å². The number of hydrogen-bond acceptors (Lipinski definition) is 1. The van der Waals surface area contributed by atoms with E-state index < -0.39 is 0 Å². The molecule has 0 heterocycles. The molecule has 0 aliphatic carbocycles. The molecule has 0 aromatic heterocycles. The molecular weight excluding hydrogens is 170 g/mol. The summed E-state index contributed by atoms with van der Waals surface area (Å²) in [5.41, 5.74) is 2.67. The van der Waals surface area contributed by atoms with Crippen molar-refractivity contribution in [2.24, 2.45) is 0 Å². The second kappa shape index (κ2) is 5.61. The van der Waals surface area contributed by atoms with Gasteiger partial charge in [-0.1, -0.05) is 35.9 Å². The van der Waals surface area contributed by atoms with Crippen molar-refractivity contribution >= 4 is 0 Å². The Bertz CT molecular complexity index is 291. The van der Waals surface area contributed by atoms with Crippen LogP contribution in [0.4, 0.5) is 0 Å². The van der Waals surface area contributed by atoms with Crippen LogP contribution in [0.25, 0.3) is 0 Å². The molecule has 0 fully saturated rings. The molecule has 1 atom stereocenters. The summed E-state index contributed by atoms with van der Waals surface area (Å²) in [4.78, 5) is 0. The van der Waals surface area contributed by atoms with Crippen molar-refractivity contribution in [2.45, 2.75) is 26.3 Å². The highest BCUT2D eigenvalue weighted by atomic mass is 14.9. The lowest BCUT2D eigenvalue weighted by molar-refractivity contribution is 0.581. The molecule has 0 amide bonds. The van der Waals surface area contributed by atoms with Crippen molar-refractivity contribution in [2.75, 3.05) is 6.54 Å². The Morgan fingerprint density at radius 1 is 1.50 bits per heavy atom. The molecule has 0 aliphatic rings. The van der Waals surface area contributed by atoms with Gasteiger partial charge in [-0.25, -0.2) is 0 Å². The number of aryl methyl sites for hydroxylation is 1. The van der Waals surface area contributed by atoms with Crippen LogP contribution in [0.15, 0.2) is 36.9 Å². The van der Waals surface area contributed by atoms with Crippen LogP contribution >= 0.6 is 0 Å². The van der Waals surface area contributed by atoms with Crippen molar-refractivity contribution in [3.8, 4) is 0 Å². The SMILES string of the molecule is C=CCCN[C@@H](C)c1cccc(C)c1. The average Bonchev–Trinajstić information content (AvgIpc) is 2.18. The summed E-state index contributed by atoms with van der Waals surface area (Å²) < 4.78 is 0. The smallest absolute Gasteiger partial charge is 0.0292 e. The van der Waals surface area contributed by atoms with Gasteiger partial charge in [0.15, 0.2) is 0 Å². The van der Waals surface area contributed by atoms with Gasteiger partial charge in [0.1, 0.15) is 0 Å². The first kappa shape index (κ1) is 11.0. The summed E-state index contributed by atoms with van der Waals surface area (Å²) in [7, 11) is 0. The van der Waals surface area contributed by atoms with E-state index in [2.05, 4.69) is 50.0 Å². The van der Waals surface area contributed by atoms with Gasteiger partial charge < -0.3 is 5.32 Å². The lowest BCUT2D eigenvalue weighted by atomic mass is 10.1. The zero-order valence-electron chi connectivity index (χ0n) is 9.09. The van der Waals surface area contributed by atoms with Crippen molar-refractivity contribution in [1.29, 1.82) is 0 Å². The third-order valence-corrected chi connectivity index (χ3v) is 2.34. The van der Waals surface area contributed by atoms with E-state index in [0.29, 0.717) is 6.04 Å². The molecular formula is C13H19N. The number of hydrogen-bond donors (Lipinski definition) is 1. The maximum atomic E-state index is 3.70. The normalized spacial score (nSPS) is 12.4. The largest absolute Gasteiger partial charge is 0.310 e. The van der Waals surface area contributed by atoms with Gasteiger partial charge in [0.25, 0.3) is 0 Å². The minimum absolute atomic E-state index is 0.426. The first-order valence-electron chi connectivity index (χ1n) is 5.15. The fraction of sp³-hybridized carbons (Fsp3) is 0.385. The molecule has 0 spiro atoms. The minimum Gasteiger partial charge on any atom is -0.310 e. The molecule has 0 unspecified atom stereocenters. The third-order valence-electron chi connectivity index (χ3n) is 2.34. The van der Waals surface area contributed by atoms with Crippen LogP contribution in [-0.4, -0.2) is 6.54 Å². The minimum atomic E-state index is 0.426. The topological polar surface area (TPSA) is 12.0 Å². The van der Waals surface area contributed by atoms with Gasteiger partial charge >= 0.3 is 0 Å². The van der Waals surface area contributed by atoms with Crippen molar-refractivity contribution in [1.82, 2.24) is 5.32 Å². The number of rotatable bonds is 5. The maximum absolute atomic E-state index is 3.70. The van der Waals surface area contributed by atoms with E-state index in [1.165, 1.54) is 11.1 Å². The van der Waals surface area contributed by atoms with E-state index in [4.69, 9.17) is 0 Å². The molecule has 0 aliphatic heterocycles. The lowest BCUT2D eigenvalue weighted by Gasteiger charge is -2.13. The van der Waals surface area contributed by atoms with E-state index in [0.717, 1.165) is 13.0 Å². The molecule has 1 heteroatoms. The Balaban J connectivity index is 2.51. The Morgan fingerprint density at radius 2 is 2.29 bits per heavy atom. The predicted molar refractivity (Wildman–Crippen MR) is 62.4 cm³/mol. The van der Waals surface area contributed by atoms with Crippen molar-refractivity contribution in [3.63, 3.8) is 0 Å². The second-order valence-corrected chi connectivity index (χ2v) is 3.67. The van der Waals surface area contributed by atoms with E-state index in [1.54, 1.807) is 0 Å². The fourth-order valence-corrected chi connectivity index (χ4v) is 1.46. The summed E-state index contributed by atoms with van der Waals surface area (Å²) >= 11 is 0. The quantitative estimate of drug-likeness (QED) is 0.554. The Hall–Kier alpha value is -1.08. The highest BCUT2D eigenvalue weighted by molar-refractivity contribution is 5.24. The van der Waals surface area contributed by atoms with E-state index >= 15 is 0 Å². The van der Waals surface area contributed by atoms with Crippen LogP contribution in [0, 0.1) is 6.92 Å². The molecule has 1 rings (SSSR count). The molecule has 14 heavy (non-hydrogen) atoms. The second-order valence-electron chi connectivity index (χ2n) is 3.67. The predicted octanol–water partition coefficient (Wildman–Crippen LogP) is 3.22. The van der Waals surface area contributed by atoms with Gasteiger partial charge in [0, 0.05) is 6.04 Å². The van der Waals surface area contributed by atoms with Crippen molar-refractivity contribution < 1.29 is 0 Å². The molecule has 1 nitrogen and oxygen atoms in total. The van der Waals surface area contributed by atoms with Gasteiger partial charge in [0.2, 0.25) is 0 Å². The van der Waals surface area contributed by atoms with E-state index in [-0.39, 0.29) is 0 Å². The lowest BCUT2D eigenvalue weighted by Crippen LogP contribution is -2.19. The van der Waals surface area contributed by atoms with Gasteiger partial charge in [0.05, 0.1) is 0 Å². The van der Waals surface area contributed by atoms with Gasteiger partial charge in [-0.05, 0) is 32.4 Å². The van der Waals surface area contributed by atoms with Crippen LogP contribution in [-0.2, 0) is 0 Å². The first-order chi connectivity index (χ1) is 6.74. The molecule has 0 saturated carbocycles. The number of nitrogens with one attached hydrogen (secondary N) is 1. The summed E-state index contributed by atoms with van der Waals surface area (Å²) in [6.45, 7) is 9.02. The summed E-state index contributed by atoms with van der Waals surface area (Å²) in [5.74, 6) is 0. The Kier molecular flexibility index (Phi) is 4.41. The number of benzene rings is 1. The highest BCUT2D eigenvalue weighted by Crippen LogP contribution is 2.13. The van der Waals surface area contributed by atoms with Crippen LogP contribution in [0.2, 0.25) is 0 Å². The van der Waals surface area contributed by atoms with Crippen molar-refractivity contribution in [3.05, 3.63) is 48.0 Å². The Labute approximate surface area is 86.8 Å². The third kappa shape index (κ3) is 3.35. The molecule has 1 aromatic carbocycles. The average molecular weight is 189 g/mol. The van der Waals surface area contributed by atoms with Gasteiger partial charge in [-0.3, -0.25) is 0 Å². The highest BCUT2D eigenvalue weighted by Gasteiger charge is 2.02. The summed E-state index contributed by atoms with van der Waals surface area (Å²) in [5, 5.41) is 3.46. The summed E-state index contributed by atoms with van der Waals surface area (Å²) in [6.07, 6.45) is 2.96. The molecule has 76 valence electrons. The summed E-state index contributed by atoms with van der Waals surface area (Å²) in [6, 6.07) is 9.05. The van der Waals surface area contributed by atoms with Gasteiger partial charge in [-0.2, -0.15) is 0 Å². The molecule has 0 radical (unpaired) electrons.